The van der Waals surface area contributed by atoms with Gasteiger partial charge < -0.3 is 32.8 Å². The van der Waals surface area contributed by atoms with Gasteiger partial charge in [0.25, 0.3) is 0 Å². The molecule has 9 nitrogen and oxygen atoms in total. The van der Waals surface area contributed by atoms with Gasteiger partial charge in [0.2, 0.25) is 0 Å². The standard InChI is InChI=1S/C33H58O9Si/c1-21(19-36-29(35)30(4,5)6)27(42-43(12,13)31(7,8)9)28-25(39-32(10,11)41-28)18-24(38-23(3)34)22(2)26-20-37-33(40-26)16-14-15-17-33/h21,24-28H,2,14-20H2,1,3-13H3/t21-,24?,25+,26-,27-,28+/m1/s1. The van der Waals surface area contributed by atoms with E-state index in [4.69, 9.17) is 32.8 Å². The molecule has 2 heterocycles. The van der Waals surface area contributed by atoms with Gasteiger partial charge in [-0.15, -0.1) is 0 Å². The maximum atomic E-state index is 12.7. The van der Waals surface area contributed by atoms with Crippen molar-refractivity contribution in [2.24, 2.45) is 11.3 Å². The zero-order chi connectivity index (χ0) is 32.6. The minimum absolute atomic E-state index is 0.0674. The molecule has 0 amide bonds. The second-order valence-electron chi connectivity index (χ2n) is 15.8. The fraction of sp³-hybridized carbons (Fsp3) is 0.879. The zero-order valence-corrected chi connectivity index (χ0v) is 29.8. The van der Waals surface area contributed by atoms with Crippen LogP contribution in [0.25, 0.3) is 0 Å². The molecule has 1 spiro atoms. The topological polar surface area (TPSA) is 98.8 Å². The summed E-state index contributed by atoms with van der Waals surface area (Å²) in [5.41, 5.74) is 0.0355. The highest BCUT2D eigenvalue weighted by atomic mass is 28.4. The third-order valence-corrected chi connectivity index (χ3v) is 13.7. The lowest BCUT2D eigenvalue weighted by atomic mass is 9.91. The second-order valence-corrected chi connectivity index (χ2v) is 20.5. The van der Waals surface area contributed by atoms with E-state index in [2.05, 4.69) is 40.4 Å². The van der Waals surface area contributed by atoms with Crippen LogP contribution in [0.5, 0.6) is 0 Å². The third kappa shape index (κ3) is 9.13. The predicted molar refractivity (Wildman–Crippen MR) is 167 cm³/mol. The van der Waals surface area contributed by atoms with Crippen molar-refractivity contribution >= 4 is 20.3 Å². The summed E-state index contributed by atoms with van der Waals surface area (Å²) in [5, 5.41) is -0.0674. The van der Waals surface area contributed by atoms with Crippen LogP contribution >= 0.6 is 0 Å². The van der Waals surface area contributed by atoms with E-state index >= 15 is 0 Å². The fourth-order valence-corrected chi connectivity index (χ4v) is 7.07. The fourth-order valence-electron chi connectivity index (χ4n) is 5.67. The minimum Gasteiger partial charge on any atom is -0.465 e. The number of hydrogen-bond donors (Lipinski definition) is 0. The average Bonchev–Trinajstić information content (AvgIpc) is 3.57. The van der Waals surface area contributed by atoms with Gasteiger partial charge >= 0.3 is 11.9 Å². The zero-order valence-electron chi connectivity index (χ0n) is 28.8. The quantitative estimate of drug-likeness (QED) is 0.141. The summed E-state index contributed by atoms with van der Waals surface area (Å²) in [4.78, 5) is 25.0. The summed E-state index contributed by atoms with van der Waals surface area (Å²) in [6, 6.07) is 0. The van der Waals surface area contributed by atoms with Crippen molar-refractivity contribution in [3.05, 3.63) is 12.2 Å². The molecule has 0 N–H and O–H groups in total. The highest BCUT2D eigenvalue weighted by Gasteiger charge is 2.52. The maximum Gasteiger partial charge on any atom is 0.311 e. The van der Waals surface area contributed by atoms with Crippen LogP contribution in [-0.4, -0.2) is 75.6 Å². The highest BCUT2D eigenvalue weighted by molar-refractivity contribution is 6.74. The largest absolute Gasteiger partial charge is 0.465 e. The number of carbonyl (C=O) groups is 2. The molecule has 0 bridgehead atoms. The molecule has 248 valence electrons. The first-order chi connectivity index (χ1) is 19.6. The van der Waals surface area contributed by atoms with E-state index in [-0.39, 0.29) is 29.6 Å². The molecule has 1 aliphatic carbocycles. The number of rotatable bonds is 11. The van der Waals surface area contributed by atoms with Gasteiger partial charge in [-0.25, -0.2) is 0 Å². The molecule has 1 saturated carbocycles. The van der Waals surface area contributed by atoms with E-state index in [0.29, 0.717) is 18.6 Å². The van der Waals surface area contributed by atoms with Gasteiger partial charge in [0.05, 0.1) is 30.8 Å². The first kappa shape index (κ1) is 36.2. The second kappa shape index (κ2) is 13.2. The molecule has 1 unspecified atom stereocenters. The number of hydrogen-bond acceptors (Lipinski definition) is 9. The lowest BCUT2D eigenvalue weighted by Crippen LogP contribution is -2.53. The molecule has 2 saturated heterocycles. The Balaban J connectivity index is 1.89. The van der Waals surface area contributed by atoms with E-state index in [0.717, 1.165) is 25.7 Å². The van der Waals surface area contributed by atoms with Crippen LogP contribution in [0.15, 0.2) is 12.2 Å². The van der Waals surface area contributed by atoms with Crippen LogP contribution in [0.1, 0.15) is 101 Å². The van der Waals surface area contributed by atoms with Gasteiger partial charge in [-0.3, -0.25) is 9.59 Å². The molecular weight excluding hydrogens is 568 g/mol. The molecule has 43 heavy (non-hydrogen) atoms. The smallest absolute Gasteiger partial charge is 0.311 e. The Kier molecular flexibility index (Phi) is 11.1. The molecule has 3 fully saturated rings. The van der Waals surface area contributed by atoms with Crippen LogP contribution < -0.4 is 0 Å². The Bertz CT molecular complexity index is 1000. The van der Waals surface area contributed by atoms with Crippen molar-refractivity contribution in [2.45, 2.75) is 162 Å². The van der Waals surface area contributed by atoms with Crippen molar-refractivity contribution < 1.29 is 42.4 Å². The molecule has 2 aliphatic heterocycles. The van der Waals surface area contributed by atoms with Gasteiger partial charge in [-0.2, -0.15) is 0 Å². The Morgan fingerprint density at radius 1 is 1.02 bits per heavy atom. The molecule has 0 aromatic carbocycles. The highest BCUT2D eigenvalue weighted by Crippen LogP contribution is 2.44. The lowest BCUT2D eigenvalue weighted by Gasteiger charge is -2.43. The van der Waals surface area contributed by atoms with Crippen molar-refractivity contribution in [1.82, 2.24) is 0 Å². The van der Waals surface area contributed by atoms with Crippen LogP contribution in [-0.2, 0) is 42.4 Å². The van der Waals surface area contributed by atoms with Gasteiger partial charge in [0, 0.05) is 32.1 Å². The van der Waals surface area contributed by atoms with E-state index in [1.807, 2.05) is 41.5 Å². The number of carbonyl (C=O) groups excluding carboxylic acids is 2. The van der Waals surface area contributed by atoms with E-state index in [1.54, 1.807) is 0 Å². The van der Waals surface area contributed by atoms with Crippen LogP contribution in [0.4, 0.5) is 0 Å². The first-order valence-corrected chi connectivity index (χ1v) is 18.8. The summed E-state index contributed by atoms with van der Waals surface area (Å²) in [6.45, 7) is 28.5. The normalized spacial score (nSPS) is 27.6. The van der Waals surface area contributed by atoms with Crippen LogP contribution in [0, 0.1) is 11.3 Å². The van der Waals surface area contributed by atoms with Gasteiger partial charge in [-0.05, 0) is 71.2 Å². The SMILES string of the molecule is C=C(C(C[C@@H]1OC(C)(C)O[C@@H]1[C@H](O[Si](C)(C)C(C)(C)C)[C@H](C)COC(=O)C(C)(C)C)OC(C)=O)[C@H]1COC2(CCCC2)O1. The van der Waals surface area contributed by atoms with Crippen molar-refractivity contribution in [3.63, 3.8) is 0 Å². The maximum absolute atomic E-state index is 12.7. The minimum atomic E-state index is -2.31. The Morgan fingerprint density at radius 2 is 1.63 bits per heavy atom. The Hall–Kier alpha value is -1.30. The van der Waals surface area contributed by atoms with Crippen molar-refractivity contribution in [2.75, 3.05) is 13.2 Å². The molecule has 3 rings (SSSR count). The van der Waals surface area contributed by atoms with E-state index < -0.39 is 55.7 Å². The van der Waals surface area contributed by atoms with E-state index in [9.17, 15) is 9.59 Å². The number of esters is 2. The van der Waals surface area contributed by atoms with Crippen molar-refractivity contribution in [1.29, 1.82) is 0 Å². The van der Waals surface area contributed by atoms with Crippen molar-refractivity contribution in [3.8, 4) is 0 Å². The van der Waals surface area contributed by atoms with Gasteiger partial charge in [0.15, 0.2) is 19.9 Å². The third-order valence-electron chi connectivity index (χ3n) is 9.23. The summed E-state index contributed by atoms with van der Waals surface area (Å²) in [7, 11) is -2.31. The summed E-state index contributed by atoms with van der Waals surface area (Å²) in [6.07, 6.45) is 1.65. The Labute approximate surface area is 260 Å². The molecule has 6 atom stereocenters. The van der Waals surface area contributed by atoms with E-state index in [1.165, 1.54) is 6.92 Å². The molecule has 0 radical (unpaired) electrons. The molecule has 10 heteroatoms. The van der Waals surface area contributed by atoms with Crippen LogP contribution in [0.3, 0.4) is 0 Å². The summed E-state index contributed by atoms with van der Waals surface area (Å²) < 4.78 is 44.2. The number of ether oxygens (including phenoxy) is 6. The average molecular weight is 627 g/mol. The molecular formula is C33H58O9Si. The first-order valence-electron chi connectivity index (χ1n) is 15.9. The van der Waals surface area contributed by atoms with Gasteiger partial charge in [-0.1, -0.05) is 34.3 Å². The molecule has 0 aromatic heterocycles. The molecule has 0 aromatic rings. The summed E-state index contributed by atoms with van der Waals surface area (Å²) >= 11 is 0. The molecule has 3 aliphatic rings. The van der Waals surface area contributed by atoms with Gasteiger partial charge in [0.1, 0.15) is 18.3 Å². The van der Waals surface area contributed by atoms with Crippen LogP contribution in [0.2, 0.25) is 18.1 Å². The predicted octanol–water partition coefficient (Wildman–Crippen LogP) is 6.69. The Morgan fingerprint density at radius 3 is 2.16 bits per heavy atom. The lowest BCUT2D eigenvalue weighted by molar-refractivity contribution is -0.165. The summed E-state index contributed by atoms with van der Waals surface area (Å²) in [5.74, 6) is -2.35. The monoisotopic (exact) mass is 626 g/mol.